The van der Waals surface area contributed by atoms with Crippen molar-refractivity contribution in [1.82, 2.24) is 20.3 Å². The molecule has 3 aromatic rings. The molecule has 1 amide bonds. The highest BCUT2D eigenvalue weighted by Crippen LogP contribution is 2.26. The summed E-state index contributed by atoms with van der Waals surface area (Å²) in [6, 6.07) is 13.7. The van der Waals surface area contributed by atoms with Gasteiger partial charge in [-0.05, 0) is 68.1 Å². The largest absolute Gasteiger partial charge is 0.444 e. The highest BCUT2D eigenvalue weighted by atomic mass is 16.6. The zero-order valence-electron chi connectivity index (χ0n) is 20.8. The number of hydrogen-bond donors (Lipinski definition) is 3. The van der Waals surface area contributed by atoms with Crippen LogP contribution in [0.25, 0.3) is 11.3 Å². The Morgan fingerprint density at radius 3 is 2.35 bits per heavy atom. The van der Waals surface area contributed by atoms with Crippen molar-refractivity contribution in [3.8, 4) is 11.3 Å². The molecule has 3 heterocycles. The van der Waals surface area contributed by atoms with Gasteiger partial charge in [-0.2, -0.15) is 0 Å². The number of aromatic nitrogens is 3. The zero-order valence-corrected chi connectivity index (χ0v) is 20.8. The first-order valence-corrected chi connectivity index (χ1v) is 11.4. The van der Waals surface area contributed by atoms with Crippen LogP contribution >= 0.6 is 0 Å². The number of ether oxygens (including phenoxy) is 1. The SMILES string of the molecule is CC(C)(C)OC(=O)NCCNc1cc(-c2cccc(Nc3cc(C(C)(C)C)ccn3)n2)ccn1. The minimum Gasteiger partial charge on any atom is -0.444 e. The second kappa shape index (κ2) is 10.5. The van der Waals surface area contributed by atoms with E-state index in [0.29, 0.717) is 24.7 Å². The van der Waals surface area contributed by atoms with E-state index in [1.807, 2.05) is 69.4 Å². The average molecular weight is 463 g/mol. The maximum Gasteiger partial charge on any atom is 0.407 e. The minimum absolute atomic E-state index is 0.0392. The first-order valence-electron chi connectivity index (χ1n) is 11.4. The molecule has 0 unspecified atom stereocenters. The number of carbonyl (C=O) groups is 1. The van der Waals surface area contributed by atoms with Crippen molar-refractivity contribution < 1.29 is 9.53 Å². The van der Waals surface area contributed by atoms with Crippen molar-refractivity contribution in [1.29, 1.82) is 0 Å². The molecule has 34 heavy (non-hydrogen) atoms. The fourth-order valence-corrected chi connectivity index (χ4v) is 3.12. The lowest BCUT2D eigenvalue weighted by molar-refractivity contribution is 0.0530. The zero-order chi connectivity index (χ0) is 24.8. The van der Waals surface area contributed by atoms with E-state index in [0.717, 1.165) is 17.1 Å². The predicted molar refractivity (Wildman–Crippen MR) is 136 cm³/mol. The molecule has 0 aromatic carbocycles. The summed E-state index contributed by atoms with van der Waals surface area (Å²) >= 11 is 0. The summed E-state index contributed by atoms with van der Waals surface area (Å²) in [5.74, 6) is 2.17. The van der Waals surface area contributed by atoms with E-state index in [1.54, 1.807) is 6.20 Å². The van der Waals surface area contributed by atoms with E-state index in [9.17, 15) is 4.79 Å². The quantitative estimate of drug-likeness (QED) is 0.398. The Labute approximate surface area is 201 Å². The molecular formula is C26H34N6O2. The van der Waals surface area contributed by atoms with E-state index >= 15 is 0 Å². The molecule has 0 saturated carbocycles. The number of anilines is 3. The third kappa shape index (κ3) is 7.72. The van der Waals surface area contributed by atoms with Crippen molar-refractivity contribution in [3.63, 3.8) is 0 Å². The first kappa shape index (κ1) is 25.0. The summed E-state index contributed by atoms with van der Waals surface area (Å²) in [6.45, 7) is 12.9. The van der Waals surface area contributed by atoms with E-state index < -0.39 is 11.7 Å². The molecule has 0 bridgehead atoms. The molecule has 0 fully saturated rings. The van der Waals surface area contributed by atoms with Gasteiger partial charge in [-0.15, -0.1) is 0 Å². The van der Waals surface area contributed by atoms with Crippen molar-refractivity contribution in [2.75, 3.05) is 23.7 Å². The number of rotatable bonds is 7. The Balaban J connectivity index is 1.62. The molecule has 0 radical (unpaired) electrons. The van der Waals surface area contributed by atoms with Gasteiger partial charge in [0.1, 0.15) is 23.1 Å². The van der Waals surface area contributed by atoms with E-state index in [1.165, 1.54) is 5.56 Å². The smallest absolute Gasteiger partial charge is 0.407 e. The number of pyridine rings is 3. The number of nitrogens with one attached hydrogen (secondary N) is 3. The van der Waals surface area contributed by atoms with Gasteiger partial charge in [0.25, 0.3) is 0 Å². The third-order valence-corrected chi connectivity index (χ3v) is 4.79. The van der Waals surface area contributed by atoms with Gasteiger partial charge in [0, 0.05) is 31.0 Å². The predicted octanol–water partition coefficient (Wildman–Crippen LogP) is 5.52. The van der Waals surface area contributed by atoms with Gasteiger partial charge < -0.3 is 20.7 Å². The lowest BCUT2D eigenvalue weighted by atomic mass is 9.88. The fraction of sp³-hybridized carbons (Fsp3) is 0.385. The van der Waals surface area contributed by atoms with Gasteiger partial charge in [-0.3, -0.25) is 0 Å². The lowest BCUT2D eigenvalue weighted by Crippen LogP contribution is -2.35. The van der Waals surface area contributed by atoms with Crippen LogP contribution in [0.15, 0.2) is 54.9 Å². The Kier molecular flexibility index (Phi) is 7.71. The van der Waals surface area contributed by atoms with Crippen molar-refractivity contribution in [2.45, 2.75) is 52.6 Å². The van der Waals surface area contributed by atoms with Crippen LogP contribution in [0.1, 0.15) is 47.1 Å². The standard InChI is InChI=1S/C26H34N6O2/c1-25(2,3)19-11-13-28-23(17-19)32-21-9-7-8-20(31-21)18-10-12-27-22(16-18)29-14-15-30-24(33)34-26(4,5)6/h7-13,16-17H,14-15H2,1-6H3,(H,27,29)(H,30,33)(H,28,31,32). The average Bonchev–Trinajstić information content (AvgIpc) is 2.76. The number of amides is 1. The van der Waals surface area contributed by atoms with E-state index in [4.69, 9.17) is 9.72 Å². The second-order valence-electron chi connectivity index (χ2n) is 10.00. The normalized spacial score (nSPS) is 11.6. The maximum absolute atomic E-state index is 11.7. The highest BCUT2D eigenvalue weighted by Gasteiger charge is 2.16. The van der Waals surface area contributed by atoms with Gasteiger partial charge in [0.15, 0.2) is 0 Å². The molecule has 8 nitrogen and oxygen atoms in total. The van der Waals surface area contributed by atoms with Gasteiger partial charge in [-0.1, -0.05) is 26.8 Å². The van der Waals surface area contributed by atoms with E-state index in [2.05, 4.69) is 46.7 Å². The molecule has 3 rings (SSSR count). The summed E-state index contributed by atoms with van der Waals surface area (Å²) in [6.07, 6.45) is 3.10. The Hall–Kier alpha value is -3.68. The first-order chi connectivity index (χ1) is 16.0. The summed E-state index contributed by atoms with van der Waals surface area (Å²) in [5.41, 5.74) is 2.46. The van der Waals surface area contributed by atoms with Crippen molar-refractivity contribution in [2.24, 2.45) is 0 Å². The highest BCUT2D eigenvalue weighted by molar-refractivity contribution is 5.68. The number of nitrogens with zero attached hydrogens (tertiary/aromatic N) is 3. The van der Waals surface area contributed by atoms with Crippen LogP contribution in [0.3, 0.4) is 0 Å². The molecule has 0 spiro atoms. The van der Waals surface area contributed by atoms with Crippen LogP contribution in [0.5, 0.6) is 0 Å². The monoisotopic (exact) mass is 462 g/mol. The summed E-state index contributed by atoms with van der Waals surface area (Å²) in [4.78, 5) is 25.3. The molecule has 3 N–H and O–H groups in total. The van der Waals surface area contributed by atoms with Crippen LogP contribution < -0.4 is 16.0 Å². The minimum atomic E-state index is -0.519. The summed E-state index contributed by atoms with van der Waals surface area (Å²) in [5, 5.41) is 9.24. The maximum atomic E-state index is 11.7. The summed E-state index contributed by atoms with van der Waals surface area (Å²) in [7, 11) is 0. The van der Waals surface area contributed by atoms with Crippen molar-refractivity contribution in [3.05, 3.63) is 60.4 Å². The van der Waals surface area contributed by atoms with E-state index in [-0.39, 0.29) is 5.41 Å². The van der Waals surface area contributed by atoms with Gasteiger partial charge in [0.05, 0.1) is 5.69 Å². The van der Waals surface area contributed by atoms with Gasteiger partial charge in [0.2, 0.25) is 0 Å². The van der Waals surface area contributed by atoms with Gasteiger partial charge in [-0.25, -0.2) is 19.7 Å². The van der Waals surface area contributed by atoms with Crippen LogP contribution in [0, 0.1) is 0 Å². The number of alkyl carbamates (subject to hydrolysis) is 1. The number of hydrogen-bond acceptors (Lipinski definition) is 7. The Bertz CT molecular complexity index is 1120. The number of carbonyl (C=O) groups excluding carboxylic acids is 1. The van der Waals surface area contributed by atoms with Crippen LogP contribution in [0.2, 0.25) is 0 Å². The second-order valence-corrected chi connectivity index (χ2v) is 10.00. The van der Waals surface area contributed by atoms with Crippen LogP contribution in [-0.2, 0) is 10.2 Å². The van der Waals surface area contributed by atoms with Crippen LogP contribution in [-0.4, -0.2) is 39.7 Å². The van der Waals surface area contributed by atoms with Crippen LogP contribution in [0.4, 0.5) is 22.2 Å². The fourth-order valence-electron chi connectivity index (χ4n) is 3.12. The molecule has 0 aliphatic heterocycles. The third-order valence-electron chi connectivity index (χ3n) is 4.79. The molecule has 0 aliphatic rings. The van der Waals surface area contributed by atoms with Crippen molar-refractivity contribution >= 4 is 23.5 Å². The lowest BCUT2D eigenvalue weighted by Gasteiger charge is -2.19. The molecule has 8 heteroatoms. The Morgan fingerprint density at radius 1 is 0.882 bits per heavy atom. The molecule has 0 atom stereocenters. The molecule has 3 aromatic heterocycles. The topological polar surface area (TPSA) is 101 Å². The molecular weight excluding hydrogens is 428 g/mol. The molecule has 0 saturated heterocycles. The van der Waals surface area contributed by atoms with Gasteiger partial charge >= 0.3 is 6.09 Å². The Morgan fingerprint density at radius 2 is 1.62 bits per heavy atom. The summed E-state index contributed by atoms with van der Waals surface area (Å²) < 4.78 is 5.23. The molecule has 0 aliphatic carbocycles. The molecule has 180 valence electrons.